The molecule has 2 N–H and O–H groups in total. The largest absolute Gasteiger partial charge is 0.496 e. The highest BCUT2D eigenvalue weighted by Gasteiger charge is 2.28. The molecule has 6 nitrogen and oxygen atoms in total. The topological polar surface area (TPSA) is 84.5 Å². The number of hydrogen-bond acceptors (Lipinski definition) is 5. The SMILES string of the molecule is COc1ccc(CC(=O)NS(=O)(=O)C2CCNCC2)cc1C. The van der Waals surface area contributed by atoms with Gasteiger partial charge in [0.1, 0.15) is 5.75 Å². The first-order valence-corrected chi connectivity index (χ1v) is 8.85. The molecule has 1 amide bonds. The lowest BCUT2D eigenvalue weighted by atomic mass is 10.1. The molecule has 1 aliphatic rings. The van der Waals surface area contributed by atoms with Crippen molar-refractivity contribution in [3.63, 3.8) is 0 Å². The maximum atomic E-state index is 12.2. The Morgan fingerprint density at radius 2 is 2.05 bits per heavy atom. The Bertz CT molecular complexity index is 637. The van der Waals surface area contributed by atoms with E-state index in [1.54, 1.807) is 19.2 Å². The molecule has 1 aliphatic heterocycles. The van der Waals surface area contributed by atoms with E-state index in [0.29, 0.717) is 25.9 Å². The standard InChI is InChI=1S/C15H22N2O4S/c1-11-9-12(3-4-14(11)21-2)10-15(18)17-22(19,20)13-5-7-16-8-6-13/h3-4,9,13,16H,5-8,10H2,1-2H3,(H,17,18). The zero-order chi connectivity index (χ0) is 16.2. The van der Waals surface area contributed by atoms with Gasteiger partial charge in [-0.05, 0) is 50.0 Å². The molecule has 0 bridgehead atoms. The van der Waals surface area contributed by atoms with E-state index in [0.717, 1.165) is 16.9 Å². The molecule has 0 spiro atoms. The number of carbonyl (C=O) groups excluding carboxylic acids is 1. The molecule has 1 fully saturated rings. The van der Waals surface area contributed by atoms with E-state index >= 15 is 0 Å². The van der Waals surface area contributed by atoms with Gasteiger partial charge in [-0.25, -0.2) is 8.42 Å². The summed E-state index contributed by atoms with van der Waals surface area (Å²) < 4.78 is 31.7. The van der Waals surface area contributed by atoms with Crippen molar-refractivity contribution in [2.45, 2.75) is 31.4 Å². The van der Waals surface area contributed by atoms with E-state index < -0.39 is 21.2 Å². The highest BCUT2D eigenvalue weighted by Crippen LogP contribution is 2.19. The Hall–Kier alpha value is -1.60. The quantitative estimate of drug-likeness (QED) is 0.834. The predicted molar refractivity (Wildman–Crippen MR) is 84.4 cm³/mol. The molecule has 1 saturated heterocycles. The second kappa shape index (κ2) is 7.11. The minimum atomic E-state index is -3.59. The number of amides is 1. The zero-order valence-corrected chi connectivity index (χ0v) is 13.7. The van der Waals surface area contributed by atoms with Gasteiger partial charge < -0.3 is 10.1 Å². The molecule has 0 aliphatic carbocycles. The molecule has 22 heavy (non-hydrogen) atoms. The van der Waals surface area contributed by atoms with Crippen LogP contribution in [0.1, 0.15) is 24.0 Å². The number of nitrogens with one attached hydrogen (secondary N) is 2. The van der Waals surface area contributed by atoms with Crippen LogP contribution < -0.4 is 14.8 Å². The van der Waals surface area contributed by atoms with Crippen molar-refractivity contribution in [1.29, 1.82) is 0 Å². The van der Waals surface area contributed by atoms with Crippen molar-refractivity contribution < 1.29 is 17.9 Å². The highest BCUT2D eigenvalue weighted by molar-refractivity contribution is 7.90. The number of carbonyl (C=O) groups is 1. The number of aryl methyl sites for hydroxylation is 1. The first-order chi connectivity index (χ1) is 10.4. The van der Waals surface area contributed by atoms with Crippen LogP contribution in [0.4, 0.5) is 0 Å². The summed E-state index contributed by atoms with van der Waals surface area (Å²) >= 11 is 0. The van der Waals surface area contributed by atoms with Crippen LogP contribution in [0.15, 0.2) is 18.2 Å². The fourth-order valence-electron chi connectivity index (χ4n) is 2.62. The highest BCUT2D eigenvalue weighted by atomic mass is 32.2. The van der Waals surface area contributed by atoms with E-state index in [9.17, 15) is 13.2 Å². The molecule has 0 unspecified atom stereocenters. The molecular formula is C15H22N2O4S. The average Bonchev–Trinajstić information content (AvgIpc) is 2.47. The molecule has 0 saturated carbocycles. The van der Waals surface area contributed by atoms with Gasteiger partial charge in [-0.15, -0.1) is 0 Å². The lowest BCUT2D eigenvalue weighted by molar-refractivity contribution is -0.118. The van der Waals surface area contributed by atoms with Crippen LogP contribution in [0.25, 0.3) is 0 Å². The normalized spacial score (nSPS) is 16.3. The van der Waals surface area contributed by atoms with Crippen LogP contribution in [-0.4, -0.2) is 39.8 Å². The smallest absolute Gasteiger partial charge is 0.237 e. The second-order valence-electron chi connectivity index (χ2n) is 5.50. The molecule has 1 aromatic carbocycles. The van der Waals surface area contributed by atoms with Crippen molar-refractivity contribution in [3.05, 3.63) is 29.3 Å². The Morgan fingerprint density at radius 1 is 1.36 bits per heavy atom. The van der Waals surface area contributed by atoms with Gasteiger partial charge in [0.2, 0.25) is 15.9 Å². The third kappa shape index (κ3) is 4.20. The summed E-state index contributed by atoms with van der Waals surface area (Å²) in [5.74, 6) is 0.245. The predicted octanol–water partition coefficient (Wildman–Crippen LogP) is 0.744. The fourth-order valence-corrected chi connectivity index (χ4v) is 4.03. The third-order valence-corrected chi connectivity index (χ3v) is 5.67. The molecule has 0 aromatic heterocycles. The maximum absolute atomic E-state index is 12.2. The molecule has 7 heteroatoms. The van der Waals surface area contributed by atoms with E-state index in [1.807, 2.05) is 13.0 Å². The Labute approximate surface area is 131 Å². The molecule has 2 rings (SSSR count). The van der Waals surface area contributed by atoms with E-state index in [-0.39, 0.29) is 6.42 Å². The fraction of sp³-hybridized carbons (Fsp3) is 0.533. The van der Waals surface area contributed by atoms with Crippen LogP contribution in [-0.2, 0) is 21.2 Å². The summed E-state index contributed by atoms with van der Waals surface area (Å²) in [6.07, 6.45) is 1.10. The van der Waals surface area contributed by atoms with Gasteiger partial charge in [0, 0.05) is 0 Å². The summed E-state index contributed by atoms with van der Waals surface area (Å²) in [5, 5.41) is 2.62. The van der Waals surface area contributed by atoms with Crippen molar-refractivity contribution in [2.24, 2.45) is 0 Å². The number of sulfonamides is 1. The number of benzene rings is 1. The van der Waals surface area contributed by atoms with Crippen molar-refractivity contribution in [1.82, 2.24) is 10.0 Å². The van der Waals surface area contributed by atoms with Crippen molar-refractivity contribution in [3.8, 4) is 5.75 Å². The van der Waals surface area contributed by atoms with Gasteiger partial charge in [0.25, 0.3) is 0 Å². The van der Waals surface area contributed by atoms with Crippen LogP contribution >= 0.6 is 0 Å². The third-order valence-electron chi connectivity index (χ3n) is 3.81. The number of piperidine rings is 1. The average molecular weight is 326 g/mol. The lowest BCUT2D eigenvalue weighted by Gasteiger charge is -2.22. The van der Waals surface area contributed by atoms with Crippen LogP contribution in [0.2, 0.25) is 0 Å². The first kappa shape index (κ1) is 16.8. The first-order valence-electron chi connectivity index (χ1n) is 7.31. The van der Waals surface area contributed by atoms with Crippen LogP contribution in [0, 0.1) is 6.92 Å². The van der Waals surface area contributed by atoms with Crippen LogP contribution in [0.3, 0.4) is 0 Å². The van der Waals surface area contributed by atoms with Crippen molar-refractivity contribution >= 4 is 15.9 Å². The van der Waals surface area contributed by atoms with Gasteiger partial charge in [0.15, 0.2) is 0 Å². The zero-order valence-electron chi connectivity index (χ0n) is 12.9. The molecule has 0 radical (unpaired) electrons. The minimum absolute atomic E-state index is 0.0367. The van der Waals surface area contributed by atoms with E-state index in [4.69, 9.17) is 4.74 Å². The maximum Gasteiger partial charge on any atom is 0.237 e. The lowest BCUT2D eigenvalue weighted by Crippen LogP contribution is -2.44. The van der Waals surface area contributed by atoms with Crippen molar-refractivity contribution in [2.75, 3.05) is 20.2 Å². The van der Waals surface area contributed by atoms with Gasteiger partial charge in [0.05, 0.1) is 18.8 Å². The van der Waals surface area contributed by atoms with Gasteiger partial charge in [-0.3, -0.25) is 9.52 Å². The second-order valence-corrected chi connectivity index (χ2v) is 7.46. The Balaban J connectivity index is 1.98. The monoisotopic (exact) mass is 326 g/mol. The molecular weight excluding hydrogens is 304 g/mol. The molecule has 122 valence electrons. The summed E-state index contributed by atoms with van der Waals surface area (Å²) in [6, 6.07) is 5.37. The van der Waals surface area contributed by atoms with Gasteiger partial charge in [-0.1, -0.05) is 12.1 Å². The number of rotatable bonds is 5. The van der Waals surface area contributed by atoms with Crippen LogP contribution in [0.5, 0.6) is 5.75 Å². The number of methoxy groups -OCH3 is 1. The number of hydrogen-bond donors (Lipinski definition) is 2. The molecule has 1 heterocycles. The summed E-state index contributed by atoms with van der Waals surface area (Å²) in [6.45, 7) is 3.21. The summed E-state index contributed by atoms with van der Waals surface area (Å²) in [7, 11) is -2.01. The Morgan fingerprint density at radius 3 is 2.64 bits per heavy atom. The van der Waals surface area contributed by atoms with E-state index in [2.05, 4.69) is 10.0 Å². The van der Waals surface area contributed by atoms with Gasteiger partial charge >= 0.3 is 0 Å². The molecule has 0 atom stereocenters. The Kier molecular flexibility index (Phi) is 5.42. The van der Waals surface area contributed by atoms with E-state index in [1.165, 1.54) is 0 Å². The summed E-state index contributed by atoms with van der Waals surface area (Å²) in [4.78, 5) is 12.0. The minimum Gasteiger partial charge on any atom is -0.496 e. The summed E-state index contributed by atoms with van der Waals surface area (Å²) in [5.41, 5.74) is 1.67. The number of ether oxygens (including phenoxy) is 1. The molecule has 1 aromatic rings. The van der Waals surface area contributed by atoms with Gasteiger partial charge in [-0.2, -0.15) is 0 Å².